The SMILES string of the molecule is CCC(C)n1nccc1NC(=O)c1ccc(Br)s1. The molecule has 0 fully saturated rings. The molecule has 2 rings (SSSR count). The van der Waals surface area contributed by atoms with Crippen LogP contribution in [-0.2, 0) is 0 Å². The molecule has 0 saturated carbocycles. The monoisotopic (exact) mass is 327 g/mol. The van der Waals surface area contributed by atoms with E-state index in [1.54, 1.807) is 12.3 Å². The van der Waals surface area contributed by atoms with Crippen molar-refractivity contribution < 1.29 is 4.79 Å². The molecule has 0 bridgehead atoms. The van der Waals surface area contributed by atoms with E-state index in [1.807, 2.05) is 16.8 Å². The molecule has 0 spiro atoms. The van der Waals surface area contributed by atoms with Crippen molar-refractivity contribution in [1.82, 2.24) is 9.78 Å². The topological polar surface area (TPSA) is 46.9 Å². The van der Waals surface area contributed by atoms with Gasteiger partial charge in [0.2, 0.25) is 0 Å². The normalized spacial score (nSPS) is 12.4. The summed E-state index contributed by atoms with van der Waals surface area (Å²) in [6.45, 7) is 4.17. The third-order valence-electron chi connectivity index (χ3n) is 2.72. The second kappa shape index (κ2) is 5.67. The Hall–Kier alpha value is -1.14. The first-order chi connectivity index (χ1) is 8.61. The molecule has 1 N–H and O–H groups in total. The lowest BCUT2D eigenvalue weighted by molar-refractivity contribution is 0.102. The first kappa shape index (κ1) is 13.3. The lowest BCUT2D eigenvalue weighted by Crippen LogP contribution is -2.16. The number of carbonyl (C=O) groups is 1. The summed E-state index contributed by atoms with van der Waals surface area (Å²) in [4.78, 5) is 12.7. The summed E-state index contributed by atoms with van der Waals surface area (Å²) in [7, 11) is 0. The third-order valence-corrected chi connectivity index (χ3v) is 4.34. The Bertz CT molecular complexity index is 549. The van der Waals surface area contributed by atoms with E-state index in [-0.39, 0.29) is 11.9 Å². The zero-order chi connectivity index (χ0) is 13.1. The van der Waals surface area contributed by atoms with E-state index < -0.39 is 0 Å². The van der Waals surface area contributed by atoms with E-state index in [1.165, 1.54) is 11.3 Å². The highest BCUT2D eigenvalue weighted by molar-refractivity contribution is 9.11. The molecular weight excluding hydrogens is 314 g/mol. The number of thiophene rings is 1. The van der Waals surface area contributed by atoms with Crippen LogP contribution in [0.1, 0.15) is 36.0 Å². The minimum absolute atomic E-state index is 0.101. The Kier molecular flexibility index (Phi) is 4.19. The molecule has 0 saturated heterocycles. The van der Waals surface area contributed by atoms with E-state index in [0.29, 0.717) is 4.88 Å². The van der Waals surface area contributed by atoms with Crippen LogP contribution in [0.4, 0.5) is 5.82 Å². The zero-order valence-electron chi connectivity index (χ0n) is 10.2. The Balaban J connectivity index is 2.15. The second-order valence-electron chi connectivity index (χ2n) is 3.98. The molecule has 2 heterocycles. The maximum absolute atomic E-state index is 12.0. The minimum Gasteiger partial charge on any atom is -0.306 e. The van der Waals surface area contributed by atoms with Crippen molar-refractivity contribution in [3.05, 3.63) is 33.1 Å². The fourth-order valence-corrected chi connectivity index (χ4v) is 2.83. The lowest BCUT2D eigenvalue weighted by Gasteiger charge is -2.13. The fraction of sp³-hybridized carbons (Fsp3) is 0.333. The van der Waals surface area contributed by atoms with Gasteiger partial charge < -0.3 is 5.32 Å². The number of nitrogens with one attached hydrogen (secondary N) is 1. The number of rotatable bonds is 4. The molecule has 1 amide bonds. The number of aromatic nitrogens is 2. The highest BCUT2D eigenvalue weighted by atomic mass is 79.9. The van der Waals surface area contributed by atoms with Gasteiger partial charge in [0.1, 0.15) is 5.82 Å². The van der Waals surface area contributed by atoms with Gasteiger partial charge in [0.15, 0.2) is 0 Å². The van der Waals surface area contributed by atoms with Crippen molar-refractivity contribution in [3.8, 4) is 0 Å². The van der Waals surface area contributed by atoms with Crippen LogP contribution in [-0.4, -0.2) is 15.7 Å². The molecular formula is C12H14BrN3OS. The predicted octanol–water partition coefficient (Wildman–Crippen LogP) is 3.93. The van der Waals surface area contributed by atoms with Crippen molar-refractivity contribution in [3.63, 3.8) is 0 Å². The average molecular weight is 328 g/mol. The summed E-state index contributed by atoms with van der Waals surface area (Å²) in [5, 5.41) is 7.12. The maximum atomic E-state index is 12.0. The van der Waals surface area contributed by atoms with Crippen molar-refractivity contribution >= 4 is 39.0 Å². The highest BCUT2D eigenvalue weighted by Gasteiger charge is 2.13. The average Bonchev–Trinajstić information content (AvgIpc) is 2.97. The molecule has 0 aliphatic rings. The van der Waals surface area contributed by atoms with Gasteiger partial charge in [-0.15, -0.1) is 11.3 Å². The van der Waals surface area contributed by atoms with Gasteiger partial charge in [0.05, 0.1) is 20.9 Å². The van der Waals surface area contributed by atoms with Crippen molar-refractivity contribution in [2.45, 2.75) is 26.3 Å². The number of anilines is 1. The Labute approximate surface area is 118 Å². The maximum Gasteiger partial charge on any atom is 0.266 e. The molecule has 2 aromatic heterocycles. The first-order valence-corrected chi connectivity index (χ1v) is 7.33. The molecule has 1 unspecified atom stereocenters. The van der Waals surface area contributed by atoms with Gasteiger partial charge in [-0.2, -0.15) is 5.10 Å². The number of carbonyl (C=O) groups excluding carboxylic acids is 1. The Morgan fingerprint density at radius 1 is 1.56 bits per heavy atom. The quantitative estimate of drug-likeness (QED) is 0.924. The standard InChI is InChI=1S/C12H14BrN3OS/c1-3-8(2)16-11(6-7-14-16)15-12(17)9-4-5-10(13)18-9/h4-8H,3H2,1-2H3,(H,15,17). The summed E-state index contributed by atoms with van der Waals surface area (Å²) in [5.74, 6) is 0.634. The molecule has 2 aromatic rings. The summed E-state index contributed by atoms with van der Waals surface area (Å²) >= 11 is 4.76. The van der Waals surface area contributed by atoms with Crippen LogP contribution >= 0.6 is 27.3 Å². The van der Waals surface area contributed by atoms with Gasteiger partial charge in [0.25, 0.3) is 5.91 Å². The number of nitrogens with zero attached hydrogens (tertiary/aromatic N) is 2. The minimum atomic E-state index is -0.101. The van der Waals surface area contributed by atoms with Crippen LogP contribution in [0.25, 0.3) is 0 Å². The molecule has 0 aromatic carbocycles. The molecule has 0 aliphatic carbocycles. The fourth-order valence-electron chi connectivity index (χ4n) is 1.55. The van der Waals surface area contributed by atoms with E-state index in [9.17, 15) is 4.79 Å². The van der Waals surface area contributed by atoms with Gasteiger partial charge >= 0.3 is 0 Å². The van der Waals surface area contributed by atoms with Crippen LogP contribution in [0.15, 0.2) is 28.2 Å². The zero-order valence-corrected chi connectivity index (χ0v) is 12.6. The molecule has 18 heavy (non-hydrogen) atoms. The summed E-state index contributed by atoms with van der Waals surface area (Å²) in [6, 6.07) is 5.75. The summed E-state index contributed by atoms with van der Waals surface area (Å²) in [5.41, 5.74) is 0. The van der Waals surface area contributed by atoms with Gasteiger partial charge in [-0.25, -0.2) is 4.68 Å². The molecule has 0 radical (unpaired) electrons. The predicted molar refractivity (Wildman–Crippen MR) is 77.2 cm³/mol. The molecule has 4 nitrogen and oxygen atoms in total. The van der Waals surface area contributed by atoms with E-state index >= 15 is 0 Å². The highest BCUT2D eigenvalue weighted by Crippen LogP contribution is 2.23. The van der Waals surface area contributed by atoms with Gasteiger partial charge in [-0.05, 0) is 41.4 Å². The van der Waals surface area contributed by atoms with E-state index in [2.05, 4.69) is 40.2 Å². The number of halogens is 1. The molecule has 1 atom stereocenters. The van der Waals surface area contributed by atoms with Gasteiger partial charge in [0, 0.05) is 6.07 Å². The summed E-state index contributed by atoms with van der Waals surface area (Å²) in [6.07, 6.45) is 2.67. The third kappa shape index (κ3) is 2.81. The number of hydrogen-bond donors (Lipinski definition) is 1. The van der Waals surface area contributed by atoms with Crippen LogP contribution in [0.2, 0.25) is 0 Å². The van der Waals surface area contributed by atoms with Crippen LogP contribution in [0.5, 0.6) is 0 Å². The molecule has 0 aliphatic heterocycles. The van der Waals surface area contributed by atoms with Crippen LogP contribution < -0.4 is 5.32 Å². The number of hydrogen-bond acceptors (Lipinski definition) is 3. The Morgan fingerprint density at radius 2 is 2.33 bits per heavy atom. The smallest absolute Gasteiger partial charge is 0.266 e. The van der Waals surface area contributed by atoms with Crippen molar-refractivity contribution in [2.75, 3.05) is 5.32 Å². The van der Waals surface area contributed by atoms with Crippen molar-refractivity contribution in [2.24, 2.45) is 0 Å². The van der Waals surface area contributed by atoms with Gasteiger partial charge in [-0.3, -0.25) is 4.79 Å². The first-order valence-electron chi connectivity index (χ1n) is 5.72. The van der Waals surface area contributed by atoms with Crippen LogP contribution in [0, 0.1) is 0 Å². The molecule has 6 heteroatoms. The molecule has 96 valence electrons. The van der Waals surface area contributed by atoms with E-state index in [4.69, 9.17) is 0 Å². The van der Waals surface area contributed by atoms with E-state index in [0.717, 1.165) is 16.0 Å². The second-order valence-corrected chi connectivity index (χ2v) is 6.44. The van der Waals surface area contributed by atoms with Crippen molar-refractivity contribution in [1.29, 1.82) is 0 Å². The number of amides is 1. The lowest BCUT2D eigenvalue weighted by atomic mass is 10.3. The largest absolute Gasteiger partial charge is 0.306 e. The Morgan fingerprint density at radius 3 is 2.94 bits per heavy atom. The van der Waals surface area contributed by atoms with Gasteiger partial charge in [-0.1, -0.05) is 6.92 Å². The van der Waals surface area contributed by atoms with Crippen LogP contribution in [0.3, 0.4) is 0 Å². The summed E-state index contributed by atoms with van der Waals surface area (Å²) < 4.78 is 2.78.